The van der Waals surface area contributed by atoms with E-state index in [1.165, 1.54) is 81.9 Å². The van der Waals surface area contributed by atoms with Gasteiger partial charge in [-0.2, -0.15) is 0 Å². The molecular weight excluding hydrogens is 330 g/mol. The average molecular weight is 364 g/mol. The predicted octanol–water partition coefficient (Wildman–Crippen LogP) is 3.82. The van der Waals surface area contributed by atoms with Gasteiger partial charge in [0.15, 0.2) is 0 Å². The van der Waals surface area contributed by atoms with E-state index in [0.717, 1.165) is 6.04 Å². The summed E-state index contributed by atoms with van der Waals surface area (Å²) in [6.07, 6.45) is 3.85. The molecule has 3 heteroatoms. The lowest BCUT2D eigenvalue weighted by atomic mass is 10.0. The van der Waals surface area contributed by atoms with Gasteiger partial charge in [0.2, 0.25) is 0 Å². The van der Waals surface area contributed by atoms with Crippen LogP contribution in [0.1, 0.15) is 24.0 Å². The van der Waals surface area contributed by atoms with E-state index in [-0.39, 0.29) is 0 Å². The van der Waals surface area contributed by atoms with Crippen molar-refractivity contribution in [2.24, 2.45) is 0 Å². The van der Waals surface area contributed by atoms with Crippen molar-refractivity contribution in [3.63, 3.8) is 0 Å². The number of likely N-dealkylation sites (tertiary alicyclic amines) is 1. The lowest BCUT2D eigenvalue weighted by Crippen LogP contribution is -2.53. The molecule has 4 rings (SSSR count). The van der Waals surface area contributed by atoms with Crippen LogP contribution in [0.3, 0.4) is 0 Å². The summed E-state index contributed by atoms with van der Waals surface area (Å²) in [4.78, 5) is 7.98. The fourth-order valence-electron chi connectivity index (χ4n) is 4.69. The van der Waals surface area contributed by atoms with Crippen molar-refractivity contribution in [2.45, 2.75) is 32.2 Å². The van der Waals surface area contributed by atoms with Gasteiger partial charge in [-0.15, -0.1) is 0 Å². The van der Waals surface area contributed by atoms with Gasteiger partial charge >= 0.3 is 0 Å². The quantitative estimate of drug-likeness (QED) is 0.799. The van der Waals surface area contributed by atoms with Gasteiger partial charge in [-0.25, -0.2) is 0 Å². The number of piperazine rings is 1. The number of hydrogen-bond donors (Lipinski definition) is 0. The highest BCUT2D eigenvalue weighted by molar-refractivity contribution is 5.53. The Morgan fingerprint density at radius 2 is 1.44 bits per heavy atom. The zero-order valence-electron chi connectivity index (χ0n) is 16.7. The molecule has 2 saturated heterocycles. The maximum atomic E-state index is 2.75. The highest BCUT2D eigenvalue weighted by Crippen LogP contribution is 2.23. The SMILES string of the molecule is Cc1ccccc1N1CCN(C2CCN(CCc3ccccc3)CC2)CC1. The standard InChI is InChI=1S/C24H33N3/c1-21-7-5-6-10-24(21)27-19-17-26(18-20-27)23-12-15-25(16-13-23)14-11-22-8-3-2-4-9-22/h2-10,23H,11-20H2,1H3. The number of aryl methyl sites for hydroxylation is 1. The van der Waals surface area contributed by atoms with Crippen molar-refractivity contribution < 1.29 is 0 Å². The van der Waals surface area contributed by atoms with Crippen LogP contribution in [0, 0.1) is 6.92 Å². The second-order valence-electron chi connectivity index (χ2n) is 8.12. The molecule has 0 radical (unpaired) electrons. The number of piperidine rings is 1. The Labute approximate surface area is 164 Å². The van der Waals surface area contributed by atoms with Crippen molar-refractivity contribution in [3.05, 3.63) is 65.7 Å². The van der Waals surface area contributed by atoms with Crippen LogP contribution < -0.4 is 4.90 Å². The first-order chi connectivity index (χ1) is 13.3. The van der Waals surface area contributed by atoms with Crippen LogP contribution in [0.15, 0.2) is 54.6 Å². The third-order valence-corrected chi connectivity index (χ3v) is 6.40. The van der Waals surface area contributed by atoms with E-state index < -0.39 is 0 Å². The number of benzene rings is 2. The number of rotatable bonds is 5. The first-order valence-corrected chi connectivity index (χ1v) is 10.6. The summed E-state index contributed by atoms with van der Waals surface area (Å²) in [5, 5.41) is 0. The van der Waals surface area contributed by atoms with E-state index in [0.29, 0.717) is 0 Å². The Hall–Kier alpha value is -1.84. The molecule has 2 fully saturated rings. The van der Waals surface area contributed by atoms with Gasteiger partial charge < -0.3 is 9.80 Å². The van der Waals surface area contributed by atoms with E-state index >= 15 is 0 Å². The Morgan fingerprint density at radius 3 is 2.15 bits per heavy atom. The van der Waals surface area contributed by atoms with Gasteiger partial charge in [0, 0.05) is 44.5 Å². The molecule has 0 saturated carbocycles. The molecule has 0 aromatic heterocycles. The predicted molar refractivity (Wildman–Crippen MR) is 115 cm³/mol. The van der Waals surface area contributed by atoms with E-state index in [2.05, 4.69) is 76.2 Å². The first kappa shape index (κ1) is 18.5. The second-order valence-corrected chi connectivity index (χ2v) is 8.12. The molecule has 2 aliphatic rings. The van der Waals surface area contributed by atoms with Crippen LogP contribution in [0.2, 0.25) is 0 Å². The van der Waals surface area contributed by atoms with Crippen LogP contribution in [0.4, 0.5) is 5.69 Å². The molecule has 0 amide bonds. The molecule has 0 N–H and O–H groups in total. The molecule has 2 aliphatic heterocycles. The van der Waals surface area contributed by atoms with E-state index in [4.69, 9.17) is 0 Å². The Kier molecular flexibility index (Phi) is 6.10. The molecule has 0 spiro atoms. The molecule has 2 aromatic rings. The number of anilines is 1. The largest absolute Gasteiger partial charge is 0.369 e. The van der Waals surface area contributed by atoms with Gasteiger partial charge in [-0.3, -0.25) is 4.90 Å². The average Bonchev–Trinajstić information content (AvgIpc) is 2.74. The van der Waals surface area contributed by atoms with Crippen molar-refractivity contribution in [2.75, 3.05) is 50.7 Å². The van der Waals surface area contributed by atoms with Crippen LogP contribution in [-0.4, -0.2) is 61.7 Å². The fourth-order valence-corrected chi connectivity index (χ4v) is 4.69. The lowest BCUT2D eigenvalue weighted by molar-refractivity contribution is 0.104. The van der Waals surface area contributed by atoms with Crippen molar-refractivity contribution in [1.82, 2.24) is 9.80 Å². The third-order valence-electron chi connectivity index (χ3n) is 6.40. The molecule has 0 bridgehead atoms. The van der Waals surface area contributed by atoms with Gasteiger partial charge in [-0.05, 0) is 56.5 Å². The topological polar surface area (TPSA) is 9.72 Å². The summed E-state index contributed by atoms with van der Waals surface area (Å²) in [6, 6.07) is 20.5. The molecule has 3 nitrogen and oxygen atoms in total. The molecule has 144 valence electrons. The van der Waals surface area contributed by atoms with E-state index in [1.54, 1.807) is 0 Å². The van der Waals surface area contributed by atoms with Gasteiger partial charge in [0.1, 0.15) is 0 Å². The zero-order chi connectivity index (χ0) is 18.5. The molecule has 2 aromatic carbocycles. The van der Waals surface area contributed by atoms with Crippen LogP contribution >= 0.6 is 0 Å². The Morgan fingerprint density at radius 1 is 0.778 bits per heavy atom. The molecule has 27 heavy (non-hydrogen) atoms. The van der Waals surface area contributed by atoms with Gasteiger partial charge in [-0.1, -0.05) is 48.5 Å². The van der Waals surface area contributed by atoms with Crippen molar-refractivity contribution >= 4 is 5.69 Å². The van der Waals surface area contributed by atoms with Crippen molar-refractivity contribution in [1.29, 1.82) is 0 Å². The lowest BCUT2D eigenvalue weighted by Gasteiger charge is -2.43. The maximum absolute atomic E-state index is 2.75. The van der Waals surface area contributed by atoms with Crippen LogP contribution in [0.25, 0.3) is 0 Å². The molecule has 0 aliphatic carbocycles. The summed E-state index contributed by atoms with van der Waals surface area (Å²) in [5.74, 6) is 0. The zero-order valence-corrected chi connectivity index (χ0v) is 16.7. The second kappa shape index (κ2) is 8.90. The maximum Gasteiger partial charge on any atom is 0.0396 e. The number of nitrogens with zero attached hydrogens (tertiary/aromatic N) is 3. The molecule has 0 atom stereocenters. The summed E-state index contributed by atoms with van der Waals surface area (Å²) in [6.45, 7) is 10.7. The summed E-state index contributed by atoms with van der Waals surface area (Å²) in [7, 11) is 0. The monoisotopic (exact) mass is 363 g/mol. The normalized spacial score (nSPS) is 20.1. The van der Waals surface area contributed by atoms with Crippen LogP contribution in [-0.2, 0) is 6.42 Å². The Balaban J connectivity index is 1.21. The summed E-state index contributed by atoms with van der Waals surface area (Å²) < 4.78 is 0. The van der Waals surface area contributed by atoms with E-state index in [1.807, 2.05) is 0 Å². The molecular formula is C24H33N3. The molecule has 0 unspecified atom stereocenters. The fraction of sp³-hybridized carbons (Fsp3) is 0.500. The highest BCUT2D eigenvalue weighted by Gasteiger charge is 2.27. The van der Waals surface area contributed by atoms with Gasteiger partial charge in [0.05, 0.1) is 0 Å². The summed E-state index contributed by atoms with van der Waals surface area (Å²) in [5.41, 5.74) is 4.29. The first-order valence-electron chi connectivity index (χ1n) is 10.6. The minimum absolute atomic E-state index is 0.789. The summed E-state index contributed by atoms with van der Waals surface area (Å²) >= 11 is 0. The van der Waals surface area contributed by atoms with E-state index in [9.17, 15) is 0 Å². The minimum Gasteiger partial charge on any atom is -0.369 e. The number of para-hydroxylation sites is 1. The van der Waals surface area contributed by atoms with Gasteiger partial charge in [0.25, 0.3) is 0 Å². The Bertz CT molecular complexity index is 699. The highest BCUT2D eigenvalue weighted by atomic mass is 15.3. The number of hydrogen-bond acceptors (Lipinski definition) is 3. The third kappa shape index (κ3) is 4.72. The van der Waals surface area contributed by atoms with Crippen LogP contribution in [0.5, 0.6) is 0 Å². The minimum atomic E-state index is 0.789. The smallest absolute Gasteiger partial charge is 0.0396 e. The molecule has 2 heterocycles. The van der Waals surface area contributed by atoms with Crippen molar-refractivity contribution in [3.8, 4) is 0 Å².